The molecule has 0 atom stereocenters. The largest absolute Gasteiger partial charge is 0.487 e. The normalized spacial score (nSPS) is 16.0. The first-order chi connectivity index (χ1) is 11.4. The Kier molecular flexibility index (Phi) is 3.40. The fourth-order valence-electron chi connectivity index (χ4n) is 3.41. The van der Waals surface area contributed by atoms with Gasteiger partial charge in [-0.15, -0.1) is 0 Å². The van der Waals surface area contributed by atoms with Crippen molar-refractivity contribution in [2.75, 3.05) is 0 Å². The van der Waals surface area contributed by atoms with Crippen molar-refractivity contribution in [1.29, 1.82) is 0 Å². The molecular weight excluding hydrogens is 322 g/mol. The van der Waals surface area contributed by atoms with Gasteiger partial charge in [0.05, 0.1) is 10.6 Å². The van der Waals surface area contributed by atoms with Gasteiger partial charge in [-0.1, -0.05) is 11.6 Å². The summed E-state index contributed by atoms with van der Waals surface area (Å²) in [4.78, 5) is 4.17. The number of nitrogens with zero attached hydrogens (tertiary/aromatic N) is 1. The fourth-order valence-corrected chi connectivity index (χ4v) is 3.61. The average molecular weight is 342 g/mol. The van der Waals surface area contributed by atoms with Crippen molar-refractivity contribution < 1.29 is 9.15 Å². The van der Waals surface area contributed by atoms with E-state index in [-0.39, 0.29) is 5.60 Å². The van der Waals surface area contributed by atoms with E-state index in [1.165, 1.54) is 5.56 Å². The molecule has 0 bridgehead atoms. The van der Waals surface area contributed by atoms with Crippen LogP contribution in [0, 0.1) is 13.8 Å². The third-order valence-electron chi connectivity index (χ3n) is 4.96. The quantitative estimate of drug-likeness (QED) is 0.555. The summed E-state index contributed by atoms with van der Waals surface area (Å²) in [6, 6.07) is 3.86. The van der Waals surface area contributed by atoms with Gasteiger partial charge in [0.25, 0.3) is 0 Å². The zero-order valence-electron chi connectivity index (χ0n) is 14.4. The highest BCUT2D eigenvalue weighted by atomic mass is 35.5. The highest BCUT2D eigenvalue weighted by molar-refractivity contribution is 6.33. The Morgan fingerprint density at radius 2 is 2.00 bits per heavy atom. The summed E-state index contributed by atoms with van der Waals surface area (Å²) in [5.74, 6) is 1.77. The third-order valence-corrected chi connectivity index (χ3v) is 5.29. The van der Waals surface area contributed by atoms with Gasteiger partial charge in [-0.25, -0.2) is 0 Å². The van der Waals surface area contributed by atoms with E-state index < -0.39 is 0 Å². The number of benzene rings is 1. The number of pyridine rings is 1. The van der Waals surface area contributed by atoms with Crippen molar-refractivity contribution in [2.24, 2.45) is 0 Å². The van der Waals surface area contributed by atoms with Crippen molar-refractivity contribution in [3.8, 4) is 17.1 Å². The maximum Gasteiger partial charge on any atom is 0.138 e. The first-order valence-electron chi connectivity index (χ1n) is 8.22. The molecule has 0 fully saturated rings. The van der Waals surface area contributed by atoms with Crippen molar-refractivity contribution in [3.63, 3.8) is 0 Å². The molecule has 0 N–H and O–H groups in total. The summed E-state index contributed by atoms with van der Waals surface area (Å²) in [5.41, 5.74) is 5.12. The Morgan fingerprint density at radius 3 is 2.75 bits per heavy atom. The molecule has 0 saturated heterocycles. The van der Waals surface area contributed by atoms with E-state index in [9.17, 15) is 0 Å². The van der Waals surface area contributed by atoms with Crippen molar-refractivity contribution in [1.82, 2.24) is 4.98 Å². The topological polar surface area (TPSA) is 35.3 Å². The van der Waals surface area contributed by atoms with Gasteiger partial charge in [0.15, 0.2) is 0 Å². The van der Waals surface area contributed by atoms with Gasteiger partial charge in [0.1, 0.15) is 22.7 Å². The van der Waals surface area contributed by atoms with Crippen molar-refractivity contribution in [3.05, 3.63) is 46.2 Å². The summed E-state index contributed by atoms with van der Waals surface area (Å²) >= 11 is 6.31. The predicted molar refractivity (Wildman–Crippen MR) is 97.0 cm³/mol. The molecule has 1 aromatic carbocycles. The van der Waals surface area contributed by atoms with Crippen LogP contribution >= 0.6 is 11.6 Å². The van der Waals surface area contributed by atoms with Gasteiger partial charge in [-0.05, 0) is 63.8 Å². The van der Waals surface area contributed by atoms with Crippen LogP contribution in [0.3, 0.4) is 0 Å². The number of fused-ring (bicyclic) bond motifs is 3. The molecule has 2 aromatic heterocycles. The molecule has 1 aliphatic heterocycles. The van der Waals surface area contributed by atoms with E-state index in [1.807, 2.05) is 0 Å². The minimum Gasteiger partial charge on any atom is -0.487 e. The van der Waals surface area contributed by atoms with E-state index in [0.717, 1.165) is 52.0 Å². The first kappa shape index (κ1) is 15.5. The first-order valence-corrected chi connectivity index (χ1v) is 8.59. The molecule has 0 saturated carbocycles. The molecule has 124 valence electrons. The summed E-state index contributed by atoms with van der Waals surface area (Å²) in [5, 5.41) is 1.77. The Bertz CT molecular complexity index is 956. The second-order valence-corrected chi connectivity index (χ2v) is 7.54. The molecule has 3 nitrogen and oxygen atoms in total. The van der Waals surface area contributed by atoms with Gasteiger partial charge in [0, 0.05) is 23.3 Å². The lowest BCUT2D eigenvalue weighted by Gasteiger charge is -2.34. The standard InChI is InChI=1S/C20H20ClNO2/c1-11-12(2)19-13(5-7-20(3,4)24-19)14-9-17(23-18(11)14)15-10-22-8-6-16(15)21/h6,8-10H,5,7H2,1-4H3. The number of hydrogen-bond acceptors (Lipinski definition) is 3. The second-order valence-electron chi connectivity index (χ2n) is 7.13. The van der Waals surface area contributed by atoms with Crippen LogP contribution < -0.4 is 4.74 Å². The van der Waals surface area contributed by atoms with Crippen LogP contribution in [0.5, 0.6) is 5.75 Å². The van der Waals surface area contributed by atoms with E-state index in [2.05, 4.69) is 38.7 Å². The minimum absolute atomic E-state index is 0.128. The van der Waals surface area contributed by atoms with Gasteiger partial charge >= 0.3 is 0 Å². The van der Waals surface area contributed by atoms with E-state index in [4.69, 9.17) is 20.8 Å². The zero-order chi connectivity index (χ0) is 17.1. The molecule has 0 radical (unpaired) electrons. The van der Waals surface area contributed by atoms with Crippen molar-refractivity contribution >= 4 is 22.6 Å². The third kappa shape index (κ3) is 2.30. The average Bonchev–Trinajstić information content (AvgIpc) is 2.97. The molecule has 0 aliphatic carbocycles. The summed E-state index contributed by atoms with van der Waals surface area (Å²) in [6.07, 6.45) is 5.40. The molecule has 4 rings (SSSR count). The van der Waals surface area contributed by atoms with Crippen LogP contribution in [-0.4, -0.2) is 10.6 Å². The van der Waals surface area contributed by atoms with Crippen LogP contribution in [0.4, 0.5) is 0 Å². The monoisotopic (exact) mass is 341 g/mol. The minimum atomic E-state index is -0.128. The van der Waals surface area contributed by atoms with Gasteiger partial charge < -0.3 is 9.15 Å². The highest BCUT2D eigenvalue weighted by Gasteiger charge is 2.31. The van der Waals surface area contributed by atoms with Gasteiger partial charge in [-0.2, -0.15) is 0 Å². The lowest BCUT2D eigenvalue weighted by atomic mass is 9.89. The smallest absolute Gasteiger partial charge is 0.138 e. The number of aromatic nitrogens is 1. The molecule has 0 amide bonds. The molecule has 0 unspecified atom stereocenters. The summed E-state index contributed by atoms with van der Waals surface area (Å²) in [6.45, 7) is 8.48. The van der Waals surface area contributed by atoms with Crippen molar-refractivity contribution in [2.45, 2.75) is 46.1 Å². The zero-order valence-corrected chi connectivity index (χ0v) is 15.1. The molecule has 3 heterocycles. The fraction of sp³-hybridized carbons (Fsp3) is 0.350. The van der Waals surface area contributed by atoms with E-state index in [0.29, 0.717) is 5.02 Å². The number of halogens is 1. The SMILES string of the molecule is Cc1c2c(c3cc(-c4cnccc4Cl)oc3c1C)CCC(C)(C)O2. The Morgan fingerprint density at radius 1 is 1.21 bits per heavy atom. The lowest BCUT2D eigenvalue weighted by molar-refractivity contribution is 0.0842. The Labute approximate surface area is 146 Å². The number of rotatable bonds is 1. The van der Waals surface area contributed by atoms with Crippen LogP contribution in [0.25, 0.3) is 22.3 Å². The van der Waals surface area contributed by atoms with Gasteiger partial charge in [0.2, 0.25) is 0 Å². The molecule has 3 aromatic rings. The van der Waals surface area contributed by atoms with Crippen LogP contribution in [0.15, 0.2) is 28.9 Å². The highest BCUT2D eigenvalue weighted by Crippen LogP contribution is 2.44. The number of aryl methyl sites for hydroxylation is 2. The summed E-state index contributed by atoms with van der Waals surface area (Å²) < 4.78 is 12.5. The van der Waals surface area contributed by atoms with Crippen LogP contribution in [-0.2, 0) is 6.42 Å². The van der Waals surface area contributed by atoms with E-state index in [1.54, 1.807) is 18.5 Å². The molecule has 4 heteroatoms. The van der Waals surface area contributed by atoms with Crippen LogP contribution in [0.2, 0.25) is 5.02 Å². The maximum absolute atomic E-state index is 6.31. The number of hydrogen-bond donors (Lipinski definition) is 0. The van der Waals surface area contributed by atoms with E-state index >= 15 is 0 Å². The maximum atomic E-state index is 6.31. The molecular formula is C20H20ClNO2. The summed E-state index contributed by atoms with van der Waals surface area (Å²) in [7, 11) is 0. The Balaban J connectivity index is 1.98. The number of furan rings is 1. The van der Waals surface area contributed by atoms with Gasteiger partial charge in [-0.3, -0.25) is 4.98 Å². The molecule has 24 heavy (non-hydrogen) atoms. The lowest BCUT2D eigenvalue weighted by Crippen LogP contribution is -2.33. The Hall–Kier alpha value is -2.00. The van der Waals surface area contributed by atoms with Crippen LogP contribution in [0.1, 0.15) is 37.0 Å². The number of ether oxygens (including phenoxy) is 1. The predicted octanol–water partition coefficient (Wildman–Crippen LogP) is 5.87. The molecule has 1 aliphatic rings. The second kappa shape index (κ2) is 5.25. The molecule has 0 spiro atoms.